The van der Waals surface area contributed by atoms with E-state index in [1.807, 2.05) is 12.1 Å². The van der Waals surface area contributed by atoms with Gasteiger partial charge in [-0.15, -0.1) is 0 Å². The normalized spacial score (nSPS) is 14.7. The molecule has 0 N–H and O–H groups in total. The highest BCUT2D eigenvalue weighted by Crippen LogP contribution is 2.31. The second-order valence-corrected chi connectivity index (χ2v) is 6.19. The van der Waals surface area contributed by atoms with Crippen molar-refractivity contribution in [3.05, 3.63) is 58.7 Å². The zero-order valence-electron chi connectivity index (χ0n) is 13.7. The lowest BCUT2D eigenvalue weighted by molar-refractivity contribution is 0.0474. The molecule has 2 aromatic carbocycles. The van der Waals surface area contributed by atoms with Gasteiger partial charge in [-0.2, -0.15) is 0 Å². The summed E-state index contributed by atoms with van der Waals surface area (Å²) in [6.07, 6.45) is 3.18. The van der Waals surface area contributed by atoms with Crippen LogP contribution in [0, 0.1) is 0 Å². The number of benzene rings is 2. The fourth-order valence-electron chi connectivity index (χ4n) is 3.21. The molecule has 1 aliphatic carbocycles. The van der Waals surface area contributed by atoms with Gasteiger partial charge >= 0.3 is 5.97 Å². The number of carbonyl (C=O) groups is 2. The van der Waals surface area contributed by atoms with Crippen LogP contribution in [0.1, 0.15) is 38.3 Å². The molecular formula is C20H18O5. The predicted octanol–water partition coefficient (Wildman–Crippen LogP) is 2.99. The summed E-state index contributed by atoms with van der Waals surface area (Å²) in [5, 5.41) is 0. The van der Waals surface area contributed by atoms with Crippen molar-refractivity contribution in [2.45, 2.75) is 19.3 Å². The van der Waals surface area contributed by atoms with E-state index < -0.39 is 5.97 Å². The van der Waals surface area contributed by atoms with Gasteiger partial charge in [0.05, 0.1) is 5.56 Å². The number of aryl methyl sites for hydroxylation is 2. The van der Waals surface area contributed by atoms with Crippen LogP contribution in [0.2, 0.25) is 0 Å². The van der Waals surface area contributed by atoms with Gasteiger partial charge in [0, 0.05) is 5.56 Å². The number of hydrogen-bond acceptors (Lipinski definition) is 5. The Morgan fingerprint density at radius 3 is 2.52 bits per heavy atom. The molecular weight excluding hydrogens is 320 g/mol. The molecule has 2 aliphatic rings. The maximum Gasteiger partial charge on any atom is 0.338 e. The molecule has 0 fully saturated rings. The number of ketones is 1. The van der Waals surface area contributed by atoms with Crippen LogP contribution < -0.4 is 9.47 Å². The minimum atomic E-state index is -0.472. The number of rotatable bonds is 4. The molecule has 5 nitrogen and oxygen atoms in total. The van der Waals surface area contributed by atoms with E-state index in [2.05, 4.69) is 0 Å². The molecule has 0 aromatic heterocycles. The smallest absolute Gasteiger partial charge is 0.338 e. The summed E-state index contributed by atoms with van der Waals surface area (Å²) in [5.74, 6) is 0.423. The van der Waals surface area contributed by atoms with Gasteiger partial charge in [-0.25, -0.2) is 4.79 Å². The number of hydrogen-bond donors (Lipinski definition) is 0. The van der Waals surface area contributed by atoms with Crippen molar-refractivity contribution in [1.82, 2.24) is 0 Å². The summed E-state index contributed by atoms with van der Waals surface area (Å²) in [4.78, 5) is 24.5. The van der Waals surface area contributed by atoms with Crippen LogP contribution in [-0.4, -0.2) is 31.6 Å². The molecule has 0 amide bonds. The van der Waals surface area contributed by atoms with Crippen LogP contribution in [0.5, 0.6) is 11.5 Å². The molecule has 1 aliphatic heterocycles. The van der Waals surface area contributed by atoms with E-state index in [1.165, 1.54) is 11.1 Å². The molecule has 5 heteroatoms. The van der Waals surface area contributed by atoms with E-state index in [-0.39, 0.29) is 12.4 Å². The molecule has 0 saturated carbocycles. The second-order valence-electron chi connectivity index (χ2n) is 6.19. The predicted molar refractivity (Wildman–Crippen MR) is 90.5 cm³/mol. The minimum Gasteiger partial charge on any atom is -0.486 e. The Bertz CT molecular complexity index is 840. The van der Waals surface area contributed by atoms with Crippen LogP contribution in [-0.2, 0) is 17.6 Å². The van der Waals surface area contributed by atoms with Gasteiger partial charge in [0.25, 0.3) is 0 Å². The van der Waals surface area contributed by atoms with Crippen molar-refractivity contribution >= 4 is 11.8 Å². The summed E-state index contributed by atoms with van der Waals surface area (Å²) >= 11 is 0. The Balaban J connectivity index is 1.40. The van der Waals surface area contributed by atoms with Gasteiger partial charge in [-0.05, 0) is 60.7 Å². The van der Waals surface area contributed by atoms with Crippen molar-refractivity contribution in [1.29, 1.82) is 0 Å². The molecule has 0 saturated heterocycles. The van der Waals surface area contributed by atoms with Gasteiger partial charge in [-0.1, -0.05) is 6.07 Å². The number of esters is 1. The van der Waals surface area contributed by atoms with E-state index in [1.54, 1.807) is 24.3 Å². The van der Waals surface area contributed by atoms with Crippen LogP contribution in [0.15, 0.2) is 36.4 Å². The van der Waals surface area contributed by atoms with Gasteiger partial charge in [0.1, 0.15) is 13.2 Å². The maximum absolute atomic E-state index is 12.3. The van der Waals surface area contributed by atoms with Gasteiger partial charge in [0.2, 0.25) is 0 Å². The first-order valence-electron chi connectivity index (χ1n) is 8.42. The molecule has 128 valence electrons. The molecule has 0 spiro atoms. The van der Waals surface area contributed by atoms with Crippen molar-refractivity contribution in [2.75, 3.05) is 19.8 Å². The monoisotopic (exact) mass is 338 g/mol. The zero-order chi connectivity index (χ0) is 17.2. The zero-order valence-corrected chi connectivity index (χ0v) is 13.7. The minimum absolute atomic E-state index is 0.272. The Kier molecular flexibility index (Phi) is 4.14. The Hall–Kier alpha value is -2.82. The fourth-order valence-corrected chi connectivity index (χ4v) is 3.21. The molecule has 0 atom stereocenters. The standard InChI is InChI=1S/C20H18O5/c21-17(15-6-7-18-19(11-15)24-9-8-23-18)12-25-20(22)16-5-4-13-2-1-3-14(13)10-16/h4-7,10-11H,1-3,8-9,12H2. The summed E-state index contributed by atoms with van der Waals surface area (Å²) < 4.78 is 16.1. The first-order valence-corrected chi connectivity index (χ1v) is 8.42. The summed E-state index contributed by atoms with van der Waals surface area (Å²) in [5.41, 5.74) is 3.43. The Morgan fingerprint density at radius 2 is 1.64 bits per heavy atom. The van der Waals surface area contributed by atoms with Crippen molar-refractivity contribution in [3.63, 3.8) is 0 Å². The highest BCUT2D eigenvalue weighted by molar-refractivity contribution is 5.99. The third-order valence-corrected chi connectivity index (χ3v) is 4.53. The van der Waals surface area contributed by atoms with Crippen LogP contribution >= 0.6 is 0 Å². The van der Waals surface area contributed by atoms with Gasteiger partial charge < -0.3 is 14.2 Å². The van der Waals surface area contributed by atoms with Crippen LogP contribution in [0.3, 0.4) is 0 Å². The van der Waals surface area contributed by atoms with Crippen LogP contribution in [0.4, 0.5) is 0 Å². The highest BCUT2D eigenvalue weighted by Gasteiger charge is 2.18. The Labute approximate surface area is 145 Å². The van der Waals surface area contributed by atoms with E-state index in [9.17, 15) is 9.59 Å². The fraction of sp³-hybridized carbons (Fsp3) is 0.300. The molecule has 0 bridgehead atoms. The van der Waals surface area contributed by atoms with E-state index >= 15 is 0 Å². The number of ether oxygens (including phenoxy) is 3. The number of carbonyl (C=O) groups excluding carboxylic acids is 2. The first kappa shape index (κ1) is 15.7. The van der Waals surface area contributed by atoms with Crippen molar-refractivity contribution in [2.24, 2.45) is 0 Å². The lowest BCUT2D eigenvalue weighted by atomic mass is 10.1. The molecule has 1 heterocycles. The second kappa shape index (κ2) is 6.59. The average Bonchev–Trinajstić information content (AvgIpc) is 3.13. The quantitative estimate of drug-likeness (QED) is 0.633. The van der Waals surface area contributed by atoms with Gasteiger partial charge in [-0.3, -0.25) is 4.79 Å². The number of Topliss-reactive ketones (excluding diaryl/α,β-unsaturated/α-hetero) is 1. The lowest BCUT2D eigenvalue weighted by Gasteiger charge is -2.18. The average molecular weight is 338 g/mol. The van der Waals surface area contributed by atoms with E-state index in [0.29, 0.717) is 35.8 Å². The molecule has 25 heavy (non-hydrogen) atoms. The van der Waals surface area contributed by atoms with Crippen molar-refractivity contribution in [3.8, 4) is 11.5 Å². The maximum atomic E-state index is 12.3. The van der Waals surface area contributed by atoms with Crippen LogP contribution in [0.25, 0.3) is 0 Å². The summed E-state index contributed by atoms with van der Waals surface area (Å²) in [6.45, 7) is 0.659. The van der Waals surface area contributed by atoms with E-state index in [0.717, 1.165) is 19.3 Å². The molecule has 2 aromatic rings. The topological polar surface area (TPSA) is 61.8 Å². The third-order valence-electron chi connectivity index (χ3n) is 4.53. The molecule has 0 radical (unpaired) electrons. The number of fused-ring (bicyclic) bond motifs is 2. The molecule has 4 rings (SSSR count). The summed E-state index contributed by atoms with van der Waals surface area (Å²) in [7, 11) is 0. The molecule has 0 unspecified atom stereocenters. The SMILES string of the molecule is O=C(COC(=O)c1ccc2c(c1)CCC2)c1ccc2c(c1)OCCO2. The van der Waals surface area contributed by atoms with Crippen molar-refractivity contribution < 1.29 is 23.8 Å². The third kappa shape index (κ3) is 3.22. The summed E-state index contributed by atoms with van der Waals surface area (Å²) in [6, 6.07) is 10.6. The van der Waals surface area contributed by atoms with Gasteiger partial charge in [0.15, 0.2) is 23.9 Å². The first-order chi connectivity index (χ1) is 12.2. The highest BCUT2D eigenvalue weighted by atomic mass is 16.6. The largest absolute Gasteiger partial charge is 0.486 e. The van der Waals surface area contributed by atoms with E-state index in [4.69, 9.17) is 14.2 Å². The lowest BCUT2D eigenvalue weighted by Crippen LogP contribution is -2.17. The Morgan fingerprint density at radius 1 is 0.880 bits per heavy atom.